The Labute approximate surface area is 153 Å². The van der Waals surface area contributed by atoms with Gasteiger partial charge in [-0.1, -0.05) is 30.3 Å². The highest BCUT2D eigenvalue weighted by Crippen LogP contribution is 2.28. The van der Waals surface area contributed by atoms with Gasteiger partial charge in [0.1, 0.15) is 5.75 Å². The van der Waals surface area contributed by atoms with Crippen LogP contribution < -0.4 is 10.1 Å². The van der Waals surface area contributed by atoms with Gasteiger partial charge in [0.25, 0.3) is 0 Å². The Morgan fingerprint density at radius 3 is 2.88 bits per heavy atom. The number of fused-ring (bicyclic) bond motifs is 1. The third kappa shape index (κ3) is 3.57. The largest absolute Gasteiger partial charge is 0.493 e. The van der Waals surface area contributed by atoms with Gasteiger partial charge < -0.3 is 15.0 Å². The molecule has 5 nitrogen and oxygen atoms in total. The van der Waals surface area contributed by atoms with E-state index in [0.29, 0.717) is 19.7 Å². The van der Waals surface area contributed by atoms with Crippen LogP contribution in [-0.4, -0.2) is 36.4 Å². The van der Waals surface area contributed by atoms with E-state index in [0.717, 1.165) is 29.8 Å². The van der Waals surface area contributed by atoms with Gasteiger partial charge in [0.15, 0.2) is 0 Å². The van der Waals surface area contributed by atoms with Gasteiger partial charge in [-0.15, -0.1) is 0 Å². The first-order valence-corrected chi connectivity index (χ1v) is 9.07. The highest BCUT2D eigenvalue weighted by molar-refractivity contribution is 5.97. The molecule has 26 heavy (non-hydrogen) atoms. The summed E-state index contributed by atoms with van der Waals surface area (Å²) in [6.07, 6.45) is 1.97. The van der Waals surface area contributed by atoms with Crippen LogP contribution in [-0.2, 0) is 22.4 Å². The van der Waals surface area contributed by atoms with Crippen molar-refractivity contribution in [2.75, 3.05) is 25.0 Å². The molecular formula is C21H22N2O3. The summed E-state index contributed by atoms with van der Waals surface area (Å²) in [6, 6.07) is 15.8. The zero-order valence-corrected chi connectivity index (χ0v) is 14.6. The van der Waals surface area contributed by atoms with E-state index in [1.165, 1.54) is 5.56 Å². The molecule has 1 N–H and O–H groups in total. The number of nitrogens with one attached hydrogen (secondary N) is 1. The van der Waals surface area contributed by atoms with Crippen LogP contribution in [0.15, 0.2) is 48.5 Å². The molecule has 2 heterocycles. The molecule has 2 aliphatic rings. The third-order valence-corrected chi connectivity index (χ3v) is 5.06. The average Bonchev–Trinajstić information content (AvgIpc) is 3.27. The van der Waals surface area contributed by atoms with Crippen molar-refractivity contribution < 1.29 is 14.3 Å². The number of hydrogen-bond donors (Lipinski definition) is 1. The molecule has 0 bridgehead atoms. The molecule has 1 fully saturated rings. The third-order valence-electron chi connectivity index (χ3n) is 5.06. The van der Waals surface area contributed by atoms with Crippen molar-refractivity contribution in [1.29, 1.82) is 0 Å². The number of anilines is 1. The van der Waals surface area contributed by atoms with E-state index in [-0.39, 0.29) is 24.2 Å². The normalized spacial score (nSPS) is 18.5. The lowest BCUT2D eigenvalue weighted by Gasteiger charge is -2.16. The first-order valence-electron chi connectivity index (χ1n) is 9.07. The Kier molecular flexibility index (Phi) is 4.61. The number of rotatable bonds is 5. The summed E-state index contributed by atoms with van der Waals surface area (Å²) in [6.45, 7) is 1.84. The number of benzene rings is 2. The van der Waals surface area contributed by atoms with Gasteiger partial charge >= 0.3 is 0 Å². The Bertz CT molecular complexity index is 819. The van der Waals surface area contributed by atoms with Crippen molar-refractivity contribution in [3.05, 3.63) is 59.7 Å². The molecule has 1 atom stereocenters. The zero-order valence-electron chi connectivity index (χ0n) is 14.6. The molecule has 0 spiro atoms. The topological polar surface area (TPSA) is 58.6 Å². The van der Waals surface area contributed by atoms with Gasteiger partial charge in [0, 0.05) is 31.6 Å². The predicted octanol–water partition coefficient (Wildman–Crippen LogP) is 2.65. The molecule has 134 valence electrons. The molecule has 2 aromatic carbocycles. The second kappa shape index (κ2) is 7.20. The van der Waals surface area contributed by atoms with Crippen molar-refractivity contribution in [1.82, 2.24) is 4.90 Å². The molecule has 5 heteroatoms. The molecule has 0 aromatic heterocycles. The van der Waals surface area contributed by atoms with E-state index in [1.54, 1.807) is 4.90 Å². The smallest absolute Gasteiger partial charge is 0.229 e. The van der Waals surface area contributed by atoms with Crippen molar-refractivity contribution in [3.63, 3.8) is 0 Å². The number of carbonyl (C=O) groups is 2. The standard InChI is InChI=1S/C21H22N2O3/c24-20-13-17(14-23(20)10-8-15-4-2-1-3-5-15)21(25)22-18-6-7-19-16(12-18)9-11-26-19/h1-7,12,17H,8-11,13-14H2,(H,22,25). The lowest BCUT2D eigenvalue weighted by Crippen LogP contribution is -2.30. The summed E-state index contributed by atoms with van der Waals surface area (Å²) in [5.41, 5.74) is 3.10. The van der Waals surface area contributed by atoms with Gasteiger partial charge in [-0.2, -0.15) is 0 Å². The first kappa shape index (κ1) is 16.6. The van der Waals surface area contributed by atoms with Crippen LogP contribution in [0, 0.1) is 5.92 Å². The van der Waals surface area contributed by atoms with E-state index < -0.39 is 0 Å². The number of likely N-dealkylation sites (tertiary alicyclic amines) is 1. The van der Waals surface area contributed by atoms with Crippen molar-refractivity contribution in [2.24, 2.45) is 5.92 Å². The average molecular weight is 350 g/mol. The summed E-state index contributed by atoms with van der Waals surface area (Å²) in [7, 11) is 0. The highest BCUT2D eigenvalue weighted by atomic mass is 16.5. The van der Waals surface area contributed by atoms with Crippen LogP contribution in [0.4, 0.5) is 5.69 Å². The van der Waals surface area contributed by atoms with E-state index in [4.69, 9.17) is 4.74 Å². The maximum atomic E-state index is 12.6. The summed E-state index contributed by atoms with van der Waals surface area (Å²) < 4.78 is 5.49. The fourth-order valence-electron chi connectivity index (χ4n) is 3.58. The second-order valence-electron chi connectivity index (χ2n) is 6.89. The highest BCUT2D eigenvalue weighted by Gasteiger charge is 2.34. The molecule has 2 aliphatic heterocycles. The molecule has 1 unspecified atom stereocenters. The first-order chi connectivity index (χ1) is 12.7. The van der Waals surface area contributed by atoms with E-state index >= 15 is 0 Å². The summed E-state index contributed by atoms with van der Waals surface area (Å²) >= 11 is 0. The lowest BCUT2D eigenvalue weighted by molar-refractivity contribution is -0.128. The molecule has 2 amide bonds. The van der Waals surface area contributed by atoms with Crippen molar-refractivity contribution in [2.45, 2.75) is 19.3 Å². The molecule has 1 saturated heterocycles. The maximum absolute atomic E-state index is 12.6. The van der Waals surface area contributed by atoms with Crippen LogP contribution in [0.25, 0.3) is 0 Å². The van der Waals surface area contributed by atoms with E-state index in [2.05, 4.69) is 17.4 Å². The molecule has 2 aromatic rings. The van der Waals surface area contributed by atoms with Crippen LogP contribution >= 0.6 is 0 Å². The van der Waals surface area contributed by atoms with Crippen LogP contribution in [0.2, 0.25) is 0 Å². The Morgan fingerprint density at radius 1 is 1.19 bits per heavy atom. The zero-order chi connectivity index (χ0) is 17.9. The van der Waals surface area contributed by atoms with Crippen LogP contribution in [0.5, 0.6) is 5.75 Å². The Balaban J connectivity index is 1.33. The SMILES string of the molecule is O=C(Nc1ccc2c(c1)CCO2)C1CC(=O)N(CCc2ccccc2)C1. The number of amides is 2. The maximum Gasteiger partial charge on any atom is 0.229 e. The van der Waals surface area contributed by atoms with Gasteiger partial charge in [-0.3, -0.25) is 9.59 Å². The minimum atomic E-state index is -0.289. The van der Waals surface area contributed by atoms with Crippen LogP contribution in [0.1, 0.15) is 17.5 Å². The summed E-state index contributed by atoms with van der Waals surface area (Å²) in [5, 5.41) is 2.96. The molecule has 0 saturated carbocycles. The second-order valence-corrected chi connectivity index (χ2v) is 6.89. The molecule has 0 aliphatic carbocycles. The summed E-state index contributed by atoms with van der Waals surface area (Å²) in [5.74, 6) is 0.580. The Morgan fingerprint density at radius 2 is 2.04 bits per heavy atom. The monoisotopic (exact) mass is 350 g/mol. The van der Waals surface area contributed by atoms with Crippen molar-refractivity contribution in [3.8, 4) is 5.75 Å². The minimum Gasteiger partial charge on any atom is -0.493 e. The van der Waals surface area contributed by atoms with E-state index in [1.807, 2.05) is 36.4 Å². The predicted molar refractivity (Wildman–Crippen MR) is 99.1 cm³/mol. The fraction of sp³-hybridized carbons (Fsp3) is 0.333. The van der Waals surface area contributed by atoms with Gasteiger partial charge in [0.05, 0.1) is 12.5 Å². The van der Waals surface area contributed by atoms with Gasteiger partial charge in [-0.25, -0.2) is 0 Å². The Hall–Kier alpha value is -2.82. The molecule has 0 radical (unpaired) electrons. The minimum absolute atomic E-state index is 0.0587. The number of carbonyl (C=O) groups excluding carboxylic acids is 2. The number of ether oxygens (including phenoxy) is 1. The van der Waals surface area contributed by atoms with Gasteiger partial charge in [0.2, 0.25) is 11.8 Å². The number of hydrogen-bond acceptors (Lipinski definition) is 3. The fourth-order valence-corrected chi connectivity index (χ4v) is 3.58. The molecular weight excluding hydrogens is 328 g/mol. The lowest BCUT2D eigenvalue weighted by atomic mass is 10.1. The quantitative estimate of drug-likeness (QED) is 0.902. The van der Waals surface area contributed by atoms with Gasteiger partial charge in [-0.05, 0) is 35.7 Å². The van der Waals surface area contributed by atoms with Crippen LogP contribution in [0.3, 0.4) is 0 Å². The summed E-state index contributed by atoms with van der Waals surface area (Å²) in [4.78, 5) is 26.6. The van der Waals surface area contributed by atoms with E-state index in [9.17, 15) is 9.59 Å². The van der Waals surface area contributed by atoms with Crippen molar-refractivity contribution >= 4 is 17.5 Å². The number of nitrogens with zero attached hydrogens (tertiary/aromatic N) is 1. The molecule has 4 rings (SSSR count).